The average molecular weight is 604 g/mol. The molecule has 0 heterocycles. The Kier molecular flexibility index (Phi) is 23.1. The highest BCUT2D eigenvalue weighted by Crippen LogP contribution is 2.30. The molecule has 1 aromatic rings. The first kappa shape index (κ1) is 38.4. The van der Waals surface area contributed by atoms with Crippen LogP contribution in [0.4, 0.5) is 4.79 Å². The maximum Gasteiger partial charge on any atom is 0.412 e. The number of esters is 1. The van der Waals surface area contributed by atoms with E-state index < -0.39 is 12.1 Å². The summed E-state index contributed by atoms with van der Waals surface area (Å²) < 4.78 is 10.9. The average Bonchev–Trinajstić information content (AvgIpc) is 2.96. The van der Waals surface area contributed by atoms with Gasteiger partial charge in [0.1, 0.15) is 11.5 Å². The first-order valence-electron chi connectivity index (χ1n) is 17.0. The molecule has 0 aromatic heterocycles. The molecule has 0 fully saturated rings. The summed E-state index contributed by atoms with van der Waals surface area (Å²) in [5.74, 6) is 0.0226. The van der Waals surface area contributed by atoms with Crippen LogP contribution >= 0.6 is 0 Å². The van der Waals surface area contributed by atoms with Gasteiger partial charge < -0.3 is 25.0 Å². The third-order valence-corrected chi connectivity index (χ3v) is 7.55. The van der Waals surface area contributed by atoms with Crippen LogP contribution in [0.1, 0.15) is 135 Å². The number of nitrogens with one attached hydrogen (secondary N) is 2. The van der Waals surface area contributed by atoms with Gasteiger partial charge >= 0.3 is 12.1 Å². The van der Waals surface area contributed by atoms with Crippen LogP contribution in [0.5, 0.6) is 11.5 Å². The predicted molar refractivity (Wildman–Crippen MR) is 176 cm³/mol. The Hall–Kier alpha value is -2.61. The summed E-state index contributed by atoms with van der Waals surface area (Å²) in [5, 5.41) is 5.73. The number of hydrogen-bond acceptors (Lipinski definition) is 6. The van der Waals surface area contributed by atoms with E-state index in [4.69, 9.17) is 9.47 Å². The van der Waals surface area contributed by atoms with E-state index in [0.717, 1.165) is 25.8 Å². The van der Waals surface area contributed by atoms with Crippen molar-refractivity contribution in [3.63, 3.8) is 0 Å². The van der Waals surface area contributed by atoms with Crippen LogP contribution in [0.25, 0.3) is 0 Å². The highest BCUT2D eigenvalue weighted by molar-refractivity contribution is 5.77. The quantitative estimate of drug-likeness (QED) is 0.0633. The Balaban J connectivity index is 2.25. The Morgan fingerprint density at radius 2 is 1.16 bits per heavy atom. The fourth-order valence-electron chi connectivity index (χ4n) is 5.09. The molecule has 0 aliphatic rings. The zero-order valence-corrected chi connectivity index (χ0v) is 27.8. The van der Waals surface area contributed by atoms with Crippen molar-refractivity contribution in [1.29, 1.82) is 0 Å². The number of unbranched alkanes of at least 4 members (excludes halogenated alkanes) is 15. The van der Waals surface area contributed by atoms with E-state index in [1.54, 1.807) is 18.2 Å². The molecule has 8 nitrogen and oxygen atoms in total. The number of benzene rings is 1. The minimum Gasteiger partial charge on any atom is -0.426 e. The number of rotatable bonds is 26. The van der Waals surface area contributed by atoms with Crippen LogP contribution in [0.15, 0.2) is 18.2 Å². The van der Waals surface area contributed by atoms with E-state index in [2.05, 4.69) is 22.5 Å². The smallest absolute Gasteiger partial charge is 0.412 e. The zero-order valence-electron chi connectivity index (χ0n) is 27.8. The van der Waals surface area contributed by atoms with Gasteiger partial charge in [-0.05, 0) is 52.0 Å². The van der Waals surface area contributed by atoms with E-state index in [0.29, 0.717) is 30.2 Å². The number of nitrogens with zero attached hydrogens (tertiary/aromatic N) is 1. The van der Waals surface area contributed by atoms with Gasteiger partial charge in [-0.25, -0.2) is 4.79 Å². The van der Waals surface area contributed by atoms with Crippen LogP contribution in [0, 0.1) is 0 Å². The fourth-order valence-corrected chi connectivity index (χ4v) is 5.09. The molecule has 0 aliphatic heterocycles. The van der Waals surface area contributed by atoms with E-state index in [1.807, 2.05) is 14.1 Å². The minimum atomic E-state index is -0.546. The van der Waals surface area contributed by atoms with Gasteiger partial charge in [-0.2, -0.15) is 0 Å². The van der Waals surface area contributed by atoms with Crippen LogP contribution in [0.3, 0.4) is 0 Å². The standard InChI is InChI=1S/C35H61N3O5/c1-5-6-7-8-9-10-11-12-13-14-15-16-17-18-19-20-27-37-35(41)43-33-24-21-23-32(42-30(2)39)31(33)25-26-34(40)36-28-22-29-38(3)4/h21,23-24H,5-20,22,25-29H2,1-4H3,(H,36,40)(H,37,41). The molecule has 2 amide bonds. The molecular formula is C35H61N3O5. The molecule has 0 radical (unpaired) electrons. The zero-order chi connectivity index (χ0) is 31.5. The van der Waals surface area contributed by atoms with Gasteiger partial charge in [0.05, 0.1) is 0 Å². The predicted octanol–water partition coefficient (Wildman–Crippen LogP) is 7.96. The molecule has 1 aromatic carbocycles. The normalized spacial score (nSPS) is 11.0. The van der Waals surface area contributed by atoms with Crippen LogP contribution in [0.2, 0.25) is 0 Å². The summed E-state index contributed by atoms with van der Waals surface area (Å²) in [6.45, 7) is 5.62. The van der Waals surface area contributed by atoms with Crippen LogP contribution in [-0.2, 0) is 16.0 Å². The van der Waals surface area contributed by atoms with E-state index >= 15 is 0 Å². The Morgan fingerprint density at radius 3 is 1.67 bits per heavy atom. The lowest BCUT2D eigenvalue weighted by Gasteiger charge is -2.15. The Bertz CT molecular complexity index is 890. The molecule has 0 spiro atoms. The highest BCUT2D eigenvalue weighted by Gasteiger charge is 2.17. The summed E-state index contributed by atoms with van der Waals surface area (Å²) in [6.07, 6.45) is 21.7. The molecule has 1 rings (SSSR count). The lowest BCUT2D eigenvalue weighted by atomic mass is 10.0. The second-order valence-electron chi connectivity index (χ2n) is 12.0. The highest BCUT2D eigenvalue weighted by atomic mass is 16.6. The maximum absolute atomic E-state index is 12.5. The number of carbonyl (C=O) groups excluding carboxylic acids is 3. The largest absolute Gasteiger partial charge is 0.426 e. The van der Waals surface area contributed by atoms with E-state index in [1.165, 1.54) is 96.8 Å². The molecular weight excluding hydrogens is 542 g/mol. The molecule has 0 unspecified atom stereocenters. The lowest BCUT2D eigenvalue weighted by Crippen LogP contribution is -2.28. The van der Waals surface area contributed by atoms with Crippen molar-refractivity contribution in [3.8, 4) is 11.5 Å². The molecule has 0 bridgehead atoms. The second kappa shape index (κ2) is 25.8. The third kappa shape index (κ3) is 21.7. The number of amides is 2. The Labute approximate surface area is 262 Å². The SMILES string of the molecule is CCCCCCCCCCCCCCCCCCNC(=O)Oc1cccc(OC(C)=O)c1CCC(=O)NCCCN(C)C. The molecule has 0 atom stereocenters. The third-order valence-electron chi connectivity index (χ3n) is 7.55. The molecule has 43 heavy (non-hydrogen) atoms. The van der Waals surface area contributed by atoms with Crippen molar-refractivity contribution in [2.45, 2.75) is 136 Å². The van der Waals surface area contributed by atoms with Crippen LogP contribution in [-0.4, -0.2) is 56.6 Å². The van der Waals surface area contributed by atoms with Gasteiger partial charge in [0, 0.05) is 32.0 Å². The lowest BCUT2D eigenvalue weighted by molar-refractivity contribution is -0.131. The van der Waals surface area contributed by atoms with Gasteiger partial charge in [-0.1, -0.05) is 109 Å². The van der Waals surface area contributed by atoms with Crippen molar-refractivity contribution in [2.75, 3.05) is 33.7 Å². The van der Waals surface area contributed by atoms with Crippen molar-refractivity contribution >= 4 is 18.0 Å². The molecule has 246 valence electrons. The van der Waals surface area contributed by atoms with Gasteiger partial charge in [-0.15, -0.1) is 0 Å². The summed E-state index contributed by atoms with van der Waals surface area (Å²) in [6, 6.07) is 4.97. The van der Waals surface area contributed by atoms with Crippen molar-refractivity contribution in [1.82, 2.24) is 15.5 Å². The first-order valence-corrected chi connectivity index (χ1v) is 17.0. The van der Waals surface area contributed by atoms with Gasteiger partial charge in [0.2, 0.25) is 5.91 Å². The van der Waals surface area contributed by atoms with Gasteiger partial charge in [0.15, 0.2) is 0 Å². The van der Waals surface area contributed by atoms with Gasteiger partial charge in [0.25, 0.3) is 0 Å². The van der Waals surface area contributed by atoms with E-state index in [-0.39, 0.29) is 18.7 Å². The van der Waals surface area contributed by atoms with Crippen molar-refractivity contribution < 1.29 is 23.9 Å². The monoisotopic (exact) mass is 603 g/mol. The fraction of sp³-hybridized carbons (Fsp3) is 0.743. The summed E-state index contributed by atoms with van der Waals surface area (Å²) in [4.78, 5) is 38.6. The van der Waals surface area contributed by atoms with E-state index in [9.17, 15) is 14.4 Å². The van der Waals surface area contributed by atoms with Crippen molar-refractivity contribution in [2.24, 2.45) is 0 Å². The molecule has 0 aliphatic carbocycles. The molecule has 2 N–H and O–H groups in total. The minimum absolute atomic E-state index is 0.102. The van der Waals surface area contributed by atoms with Crippen molar-refractivity contribution in [3.05, 3.63) is 23.8 Å². The Morgan fingerprint density at radius 1 is 0.674 bits per heavy atom. The number of carbonyl (C=O) groups is 3. The van der Waals surface area contributed by atoms with Crippen LogP contribution < -0.4 is 20.1 Å². The number of hydrogen-bond donors (Lipinski definition) is 2. The molecule has 0 saturated carbocycles. The summed E-state index contributed by atoms with van der Waals surface area (Å²) >= 11 is 0. The molecule has 8 heteroatoms. The summed E-state index contributed by atoms with van der Waals surface area (Å²) in [7, 11) is 3.99. The number of ether oxygens (including phenoxy) is 2. The topological polar surface area (TPSA) is 97.0 Å². The van der Waals surface area contributed by atoms with Gasteiger partial charge in [-0.3, -0.25) is 9.59 Å². The summed E-state index contributed by atoms with van der Waals surface area (Å²) in [5.41, 5.74) is 0.527. The molecule has 0 saturated heterocycles. The maximum atomic E-state index is 12.5. The first-order chi connectivity index (χ1) is 20.8. The second-order valence-corrected chi connectivity index (χ2v) is 12.0.